The van der Waals surface area contributed by atoms with Crippen LogP contribution in [-0.4, -0.2) is 79.9 Å². The zero-order valence-electron chi connectivity index (χ0n) is 14.4. The summed E-state index contributed by atoms with van der Waals surface area (Å²) in [7, 11) is 0.220. The molecule has 23 heavy (non-hydrogen) atoms. The number of hydrogen-bond donors (Lipinski definition) is 0. The first-order valence-electron chi connectivity index (χ1n) is 8.16. The molecular formula is C15H27N3O4S. The third-order valence-corrected chi connectivity index (χ3v) is 5.88. The van der Waals surface area contributed by atoms with Gasteiger partial charge in [-0.3, -0.25) is 9.59 Å². The maximum Gasteiger partial charge on any atom is 0.241 e. The fraction of sp³-hybridized carbons (Fsp3) is 0.867. The average Bonchev–Trinajstić information content (AvgIpc) is 2.95. The Bertz CT molecular complexity index is 575. The summed E-state index contributed by atoms with van der Waals surface area (Å²) in [6.45, 7) is 3.15. The van der Waals surface area contributed by atoms with Crippen LogP contribution >= 0.6 is 0 Å². The Hall–Kier alpha value is -1.15. The summed E-state index contributed by atoms with van der Waals surface area (Å²) in [5.74, 6) is -0.726. The van der Waals surface area contributed by atoms with Gasteiger partial charge in [-0.1, -0.05) is 13.3 Å². The van der Waals surface area contributed by atoms with Crippen molar-refractivity contribution >= 4 is 21.8 Å². The Kier molecular flexibility index (Phi) is 5.35. The van der Waals surface area contributed by atoms with E-state index in [-0.39, 0.29) is 17.9 Å². The summed E-state index contributed by atoms with van der Waals surface area (Å²) in [4.78, 5) is 28.8. The van der Waals surface area contributed by atoms with Crippen molar-refractivity contribution in [2.45, 2.75) is 44.7 Å². The zero-order chi connectivity index (χ0) is 17.4. The molecule has 0 aromatic heterocycles. The van der Waals surface area contributed by atoms with Gasteiger partial charge in [0.1, 0.15) is 0 Å². The molecule has 0 saturated carbocycles. The third kappa shape index (κ3) is 3.52. The Morgan fingerprint density at radius 2 is 2.00 bits per heavy atom. The highest BCUT2D eigenvalue weighted by molar-refractivity contribution is 7.88. The SMILES string of the molecule is CCC[C@H]1C(=O)N(S(C)(=O)=O)[C@H]2CCN(C(=O)CCN(C)C)[C@H]12. The van der Waals surface area contributed by atoms with Gasteiger partial charge in [-0.05, 0) is 26.9 Å². The Morgan fingerprint density at radius 3 is 2.52 bits per heavy atom. The minimum atomic E-state index is -3.59. The van der Waals surface area contributed by atoms with Crippen LogP contribution in [0.15, 0.2) is 0 Å². The molecule has 3 atom stereocenters. The number of likely N-dealkylation sites (tertiary alicyclic amines) is 1. The van der Waals surface area contributed by atoms with E-state index >= 15 is 0 Å². The normalized spacial score (nSPS) is 27.9. The van der Waals surface area contributed by atoms with Crippen LogP contribution in [0.1, 0.15) is 32.6 Å². The van der Waals surface area contributed by atoms with Crippen molar-refractivity contribution in [3.8, 4) is 0 Å². The number of carbonyl (C=O) groups excluding carboxylic acids is 2. The molecule has 0 unspecified atom stereocenters. The van der Waals surface area contributed by atoms with E-state index in [1.807, 2.05) is 25.9 Å². The topological polar surface area (TPSA) is 78.0 Å². The van der Waals surface area contributed by atoms with Crippen LogP contribution in [-0.2, 0) is 19.6 Å². The van der Waals surface area contributed by atoms with E-state index in [1.165, 1.54) is 0 Å². The quantitative estimate of drug-likeness (QED) is 0.684. The highest BCUT2D eigenvalue weighted by Gasteiger charge is 2.56. The maximum absolute atomic E-state index is 12.6. The lowest BCUT2D eigenvalue weighted by molar-refractivity contribution is -0.134. The van der Waals surface area contributed by atoms with Gasteiger partial charge in [-0.2, -0.15) is 0 Å². The molecule has 0 radical (unpaired) electrons. The fourth-order valence-corrected chi connectivity index (χ4v) is 4.97. The molecule has 8 heteroatoms. The minimum Gasteiger partial charge on any atom is -0.337 e. The molecule has 2 rings (SSSR count). The lowest BCUT2D eigenvalue weighted by atomic mass is 9.94. The number of hydrogen-bond acceptors (Lipinski definition) is 5. The van der Waals surface area contributed by atoms with Gasteiger partial charge in [0.05, 0.1) is 24.3 Å². The van der Waals surface area contributed by atoms with Crippen LogP contribution in [0.5, 0.6) is 0 Å². The summed E-state index contributed by atoms with van der Waals surface area (Å²) in [5.41, 5.74) is 0. The van der Waals surface area contributed by atoms with E-state index in [2.05, 4.69) is 0 Å². The van der Waals surface area contributed by atoms with Crippen molar-refractivity contribution in [1.29, 1.82) is 0 Å². The molecule has 0 aliphatic carbocycles. The first kappa shape index (κ1) is 18.2. The number of sulfonamides is 1. The first-order chi connectivity index (χ1) is 10.7. The fourth-order valence-electron chi connectivity index (χ4n) is 3.78. The number of rotatable bonds is 6. The Balaban J connectivity index is 2.25. The number of amides is 2. The van der Waals surface area contributed by atoms with E-state index in [1.54, 1.807) is 4.90 Å². The van der Waals surface area contributed by atoms with Gasteiger partial charge in [-0.25, -0.2) is 12.7 Å². The summed E-state index contributed by atoms with van der Waals surface area (Å²) < 4.78 is 25.1. The Labute approximate surface area is 138 Å². The molecule has 2 saturated heterocycles. The lowest BCUT2D eigenvalue weighted by Crippen LogP contribution is -2.43. The van der Waals surface area contributed by atoms with Gasteiger partial charge in [0.15, 0.2) is 0 Å². The molecule has 0 aromatic rings. The molecule has 0 bridgehead atoms. The van der Waals surface area contributed by atoms with Crippen molar-refractivity contribution in [1.82, 2.24) is 14.1 Å². The average molecular weight is 345 g/mol. The smallest absolute Gasteiger partial charge is 0.241 e. The van der Waals surface area contributed by atoms with Gasteiger partial charge >= 0.3 is 0 Å². The van der Waals surface area contributed by atoms with Gasteiger partial charge in [0.2, 0.25) is 21.8 Å². The van der Waals surface area contributed by atoms with Crippen LogP contribution in [0, 0.1) is 5.92 Å². The maximum atomic E-state index is 12.6. The molecule has 0 N–H and O–H groups in total. The van der Waals surface area contributed by atoms with Gasteiger partial charge in [0.25, 0.3) is 0 Å². The molecule has 2 aliphatic rings. The molecule has 0 spiro atoms. The summed E-state index contributed by atoms with van der Waals surface area (Å²) in [5, 5.41) is 0. The minimum absolute atomic E-state index is 0.00968. The predicted octanol–water partition coefficient (Wildman–Crippen LogP) is 0.126. The van der Waals surface area contributed by atoms with Crippen molar-refractivity contribution in [3.05, 3.63) is 0 Å². The predicted molar refractivity (Wildman–Crippen MR) is 87.2 cm³/mol. The molecule has 0 aromatic carbocycles. The zero-order valence-corrected chi connectivity index (χ0v) is 15.2. The Morgan fingerprint density at radius 1 is 1.35 bits per heavy atom. The molecular weight excluding hydrogens is 318 g/mol. The van der Waals surface area contributed by atoms with Crippen LogP contribution in [0.2, 0.25) is 0 Å². The van der Waals surface area contributed by atoms with Crippen LogP contribution in [0.3, 0.4) is 0 Å². The summed E-state index contributed by atoms with van der Waals surface area (Å²) in [6, 6.07) is -0.691. The van der Waals surface area contributed by atoms with Gasteiger partial charge in [0, 0.05) is 19.5 Å². The highest BCUT2D eigenvalue weighted by Crippen LogP contribution is 2.40. The standard InChI is InChI=1S/C15H27N3O4S/c1-5-6-11-14-12(18(15(11)20)23(4,21)22)7-10-17(14)13(19)8-9-16(2)3/h11-12,14H,5-10H2,1-4H3/t11-,12+,14-/m1/s1. The second-order valence-electron chi connectivity index (χ2n) is 6.78. The van der Waals surface area contributed by atoms with E-state index < -0.39 is 22.0 Å². The molecule has 2 fully saturated rings. The number of nitrogens with zero attached hydrogens (tertiary/aromatic N) is 3. The van der Waals surface area contributed by atoms with E-state index in [0.717, 1.165) is 17.0 Å². The second-order valence-corrected chi connectivity index (χ2v) is 8.64. The molecule has 2 amide bonds. The van der Waals surface area contributed by atoms with Gasteiger partial charge < -0.3 is 9.80 Å². The molecule has 2 heterocycles. The van der Waals surface area contributed by atoms with Crippen molar-refractivity contribution in [2.75, 3.05) is 33.4 Å². The van der Waals surface area contributed by atoms with Crippen molar-refractivity contribution in [3.63, 3.8) is 0 Å². The summed E-state index contributed by atoms with van der Waals surface area (Å²) in [6.07, 6.45) is 3.41. The first-order valence-corrected chi connectivity index (χ1v) is 10.0. The largest absolute Gasteiger partial charge is 0.337 e. The molecule has 7 nitrogen and oxygen atoms in total. The lowest BCUT2D eigenvalue weighted by Gasteiger charge is -2.28. The molecule has 132 valence electrons. The number of carbonyl (C=O) groups is 2. The summed E-state index contributed by atoms with van der Waals surface area (Å²) >= 11 is 0. The van der Waals surface area contributed by atoms with Crippen LogP contribution in [0.4, 0.5) is 0 Å². The number of fused-ring (bicyclic) bond motifs is 1. The van der Waals surface area contributed by atoms with E-state index in [0.29, 0.717) is 32.4 Å². The van der Waals surface area contributed by atoms with Crippen molar-refractivity contribution in [2.24, 2.45) is 5.92 Å². The monoisotopic (exact) mass is 345 g/mol. The van der Waals surface area contributed by atoms with Crippen molar-refractivity contribution < 1.29 is 18.0 Å². The van der Waals surface area contributed by atoms with Gasteiger partial charge in [-0.15, -0.1) is 0 Å². The van der Waals surface area contributed by atoms with E-state index in [9.17, 15) is 18.0 Å². The second kappa shape index (κ2) is 6.76. The third-order valence-electron chi connectivity index (χ3n) is 4.72. The van der Waals surface area contributed by atoms with Crippen LogP contribution in [0.25, 0.3) is 0 Å². The van der Waals surface area contributed by atoms with E-state index in [4.69, 9.17) is 0 Å². The highest BCUT2D eigenvalue weighted by atomic mass is 32.2. The molecule has 2 aliphatic heterocycles. The van der Waals surface area contributed by atoms with Crippen LogP contribution < -0.4 is 0 Å².